The molecule has 1 fully saturated rings. The Balaban J connectivity index is 2.12. The summed E-state index contributed by atoms with van der Waals surface area (Å²) < 4.78 is 5.28. The fourth-order valence-electron chi connectivity index (χ4n) is 1.85. The molecule has 98 valence electrons. The van der Waals surface area contributed by atoms with Crippen molar-refractivity contribution in [1.29, 1.82) is 0 Å². The molecular weight excluding hydrogens is 228 g/mol. The van der Waals surface area contributed by atoms with Gasteiger partial charge in [-0.15, -0.1) is 0 Å². The van der Waals surface area contributed by atoms with Crippen molar-refractivity contribution in [3.05, 3.63) is 30.1 Å². The van der Waals surface area contributed by atoms with E-state index < -0.39 is 5.60 Å². The zero-order valence-electron chi connectivity index (χ0n) is 11.2. The quantitative estimate of drug-likeness (QED) is 0.800. The van der Waals surface area contributed by atoms with Crippen LogP contribution in [0.2, 0.25) is 0 Å². The summed E-state index contributed by atoms with van der Waals surface area (Å²) in [5.74, 6) is 0.0400. The van der Waals surface area contributed by atoms with Crippen LogP contribution in [-0.2, 0) is 16.1 Å². The van der Waals surface area contributed by atoms with Crippen LogP contribution in [0.4, 0.5) is 0 Å². The third kappa shape index (κ3) is 2.88. The number of amides is 1. The van der Waals surface area contributed by atoms with Crippen molar-refractivity contribution in [2.75, 3.05) is 7.11 Å². The first-order valence-electron chi connectivity index (χ1n) is 6.31. The van der Waals surface area contributed by atoms with Gasteiger partial charge in [0.15, 0.2) is 0 Å². The molecule has 18 heavy (non-hydrogen) atoms. The van der Waals surface area contributed by atoms with Crippen LogP contribution in [0.25, 0.3) is 0 Å². The van der Waals surface area contributed by atoms with Gasteiger partial charge in [-0.1, -0.05) is 6.07 Å². The van der Waals surface area contributed by atoms with Crippen LogP contribution >= 0.6 is 0 Å². The van der Waals surface area contributed by atoms with Gasteiger partial charge in [0.1, 0.15) is 5.60 Å². The van der Waals surface area contributed by atoms with E-state index >= 15 is 0 Å². The summed E-state index contributed by atoms with van der Waals surface area (Å²) in [7, 11) is 1.57. The van der Waals surface area contributed by atoms with Crippen molar-refractivity contribution in [2.24, 2.45) is 0 Å². The number of aromatic nitrogens is 1. The van der Waals surface area contributed by atoms with Gasteiger partial charge in [0.25, 0.3) is 5.91 Å². The molecule has 0 atom stereocenters. The molecule has 0 spiro atoms. The third-order valence-electron chi connectivity index (χ3n) is 3.33. The average Bonchev–Trinajstić information content (AvgIpc) is 3.20. The fraction of sp³-hybridized carbons (Fsp3) is 0.571. The molecule has 1 aliphatic carbocycles. The highest BCUT2D eigenvalue weighted by molar-refractivity contribution is 5.84. The van der Waals surface area contributed by atoms with Crippen LogP contribution in [0.1, 0.15) is 32.4 Å². The topological polar surface area (TPSA) is 42.4 Å². The molecule has 1 saturated carbocycles. The van der Waals surface area contributed by atoms with Crippen molar-refractivity contribution < 1.29 is 9.53 Å². The predicted molar refractivity (Wildman–Crippen MR) is 68.9 cm³/mol. The number of hydrogen-bond acceptors (Lipinski definition) is 3. The molecule has 0 aliphatic heterocycles. The van der Waals surface area contributed by atoms with Crippen molar-refractivity contribution in [3.63, 3.8) is 0 Å². The maximum atomic E-state index is 12.5. The molecule has 2 rings (SSSR count). The summed E-state index contributed by atoms with van der Waals surface area (Å²) in [5, 5.41) is 0. The highest BCUT2D eigenvalue weighted by Gasteiger charge is 2.39. The minimum Gasteiger partial charge on any atom is -0.369 e. The molecular formula is C14H20N2O2. The van der Waals surface area contributed by atoms with E-state index in [9.17, 15) is 4.79 Å². The first-order chi connectivity index (χ1) is 8.54. The van der Waals surface area contributed by atoms with E-state index in [-0.39, 0.29) is 5.91 Å². The molecule has 1 aliphatic rings. The first-order valence-corrected chi connectivity index (χ1v) is 6.31. The van der Waals surface area contributed by atoms with Gasteiger partial charge in [-0.25, -0.2) is 0 Å². The van der Waals surface area contributed by atoms with Gasteiger partial charge in [0.2, 0.25) is 0 Å². The number of carbonyl (C=O) groups is 1. The van der Waals surface area contributed by atoms with E-state index in [0.717, 1.165) is 18.5 Å². The van der Waals surface area contributed by atoms with E-state index in [4.69, 9.17) is 4.74 Å². The Kier molecular flexibility index (Phi) is 3.66. The van der Waals surface area contributed by atoms with E-state index in [1.807, 2.05) is 36.9 Å². The van der Waals surface area contributed by atoms with Crippen LogP contribution < -0.4 is 0 Å². The van der Waals surface area contributed by atoms with E-state index in [1.54, 1.807) is 13.3 Å². The van der Waals surface area contributed by atoms with Gasteiger partial charge in [-0.3, -0.25) is 9.78 Å². The predicted octanol–water partition coefficient (Wildman–Crippen LogP) is 2.00. The number of pyridine rings is 1. The Morgan fingerprint density at radius 1 is 1.50 bits per heavy atom. The Morgan fingerprint density at radius 2 is 2.22 bits per heavy atom. The van der Waals surface area contributed by atoms with Crippen LogP contribution in [0.5, 0.6) is 0 Å². The van der Waals surface area contributed by atoms with Gasteiger partial charge < -0.3 is 9.64 Å². The molecule has 4 nitrogen and oxygen atoms in total. The van der Waals surface area contributed by atoms with Crippen LogP contribution in [-0.4, -0.2) is 34.5 Å². The minimum absolute atomic E-state index is 0.0400. The number of methoxy groups -OCH3 is 1. The van der Waals surface area contributed by atoms with E-state index in [2.05, 4.69) is 4.98 Å². The smallest absolute Gasteiger partial charge is 0.254 e. The molecule has 1 heterocycles. The molecule has 0 N–H and O–H groups in total. The average molecular weight is 248 g/mol. The normalized spacial score (nSPS) is 15.5. The SMILES string of the molecule is COC(C)(C)C(=O)N(Cc1ccccn1)C1CC1. The molecule has 4 heteroatoms. The molecule has 1 aromatic heterocycles. The molecule has 0 radical (unpaired) electrons. The third-order valence-corrected chi connectivity index (χ3v) is 3.33. The summed E-state index contributed by atoms with van der Waals surface area (Å²) in [4.78, 5) is 18.6. The van der Waals surface area contributed by atoms with Gasteiger partial charge in [0, 0.05) is 19.3 Å². The maximum Gasteiger partial charge on any atom is 0.254 e. The molecule has 1 amide bonds. The largest absolute Gasteiger partial charge is 0.369 e. The summed E-state index contributed by atoms with van der Waals surface area (Å²) in [6, 6.07) is 6.13. The molecule has 0 aromatic carbocycles. The second-order valence-electron chi connectivity index (χ2n) is 5.20. The van der Waals surface area contributed by atoms with E-state index in [1.165, 1.54) is 0 Å². The van der Waals surface area contributed by atoms with Gasteiger partial charge >= 0.3 is 0 Å². The maximum absolute atomic E-state index is 12.5. The molecule has 0 saturated heterocycles. The minimum atomic E-state index is -0.766. The summed E-state index contributed by atoms with van der Waals surface area (Å²) in [5.41, 5.74) is 0.154. The number of hydrogen-bond donors (Lipinski definition) is 0. The summed E-state index contributed by atoms with van der Waals surface area (Å²) in [6.45, 7) is 4.18. The lowest BCUT2D eigenvalue weighted by Crippen LogP contribution is -2.47. The number of nitrogens with zero attached hydrogens (tertiary/aromatic N) is 2. The van der Waals surface area contributed by atoms with Gasteiger partial charge in [0.05, 0.1) is 12.2 Å². The van der Waals surface area contributed by atoms with Crippen LogP contribution in [0.3, 0.4) is 0 Å². The monoisotopic (exact) mass is 248 g/mol. The highest BCUT2D eigenvalue weighted by Crippen LogP contribution is 2.30. The molecule has 0 unspecified atom stereocenters. The highest BCUT2D eigenvalue weighted by atomic mass is 16.5. The lowest BCUT2D eigenvalue weighted by molar-refractivity contribution is -0.152. The summed E-state index contributed by atoms with van der Waals surface area (Å²) in [6.07, 6.45) is 3.92. The van der Waals surface area contributed by atoms with Gasteiger partial charge in [-0.05, 0) is 38.8 Å². The van der Waals surface area contributed by atoms with Crippen LogP contribution in [0.15, 0.2) is 24.4 Å². The number of rotatable bonds is 5. The van der Waals surface area contributed by atoms with Crippen molar-refractivity contribution in [2.45, 2.75) is 44.9 Å². The number of ether oxygens (including phenoxy) is 1. The van der Waals surface area contributed by atoms with Crippen molar-refractivity contribution in [3.8, 4) is 0 Å². The standard InChI is InChI=1S/C14H20N2O2/c1-14(2,18-3)13(17)16(12-7-8-12)10-11-6-4-5-9-15-11/h4-6,9,12H,7-8,10H2,1-3H3. The van der Waals surface area contributed by atoms with E-state index in [0.29, 0.717) is 12.6 Å². The number of carbonyl (C=O) groups excluding carboxylic acids is 1. The van der Waals surface area contributed by atoms with Crippen molar-refractivity contribution in [1.82, 2.24) is 9.88 Å². The zero-order chi connectivity index (χ0) is 13.2. The Hall–Kier alpha value is -1.42. The Labute approximate surface area is 108 Å². The Morgan fingerprint density at radius 3 is 2.72 bits per heavy atom. The second kappa shape index (κ2) is 5.06. The van der Waals surface area contributed by atoms with Crippen molar-refractivity contribution >= 4 is 5.91 Å². The molecule has 0 bridgehead atoms. The van der Waals surface area contributed by atoms with Crippen LogP contribution in [0, 0.1) is 0 Å². The van der Waals surface area contributed by atoms with Gasteiger partial charge in [-0.2, -0.15) is 0 Å². The first kappa shape index (κ1) is 13.0. The second-order valence-corrected chi connectivity index (χ2v) is 5.20. The summed E-state index contributed by atoms with van der Waals surface area (Å²) >= 11 is 0. The zero-order valence-corrected chi connectivity index (χ0v) is 11.2. The molecule has 1 aromatic rings. The Bertz CT molecular complexity index is 413. The fourth-order valence-corrected chi connectivity index (χ4v) is 1.85. The lowest BCUT2D eigenvalue weighted by Gasteiger charge is -2.31. The lowest BCUT2D eigenvalue weighted by atomic mass is 10.1.